The molecule has 0 bridgehead atoms. The van der Waals surface area contributed by atoms with Crippen LogP contribution in [0.15, 0.2) is 42.5 Å². The average molecular weight is 329 g/mol. The molecule has 1 saturated heterocycles. The number of hydrogen-bond donors (Lipinski definition) is 0. The van der Waals surface area contributed by atoms with E-state index in [0.717, 1.165) is 18.4 Å². The van der Waals surface area contributed by atoms with E-state index < -0.39 is 0 Å². The van der Waals surface area contributed by atoms with Gasteiger partial charge in [0.05, 0.1) is 20.3 Å². The maximum absolute atomic E-state index is 13.1. The van der Waals surface area contributed by atoms with Gasteiger partial charge in [-0.3, -0.25) is 4.79 Å². The lowest BCUT2D eigenvalue weighted by molar-refractivity contribution is 0.0734. The highest BCUT2D eigenvalue weighted by molar-refractivity contribution is 5.94. The molecule has 1 unspecified atom stereocenters. The van der Waals surface area contributed by atoms with Crippen LogP contribution in [0, 0.1) is 5.82 Å². The topological polar surface area (TPSA) is 38.8 Å². The van der Waals surface area contributed by atoms with Gasteiger partial charge in [0.15, 0.2) is 0 Å². The summed E-state index contributed by atoms with van der Waals surface area (Å²) in [6.45, 7) is 0.677. The van der Waals surface area contributed by atoms with Gasteiger partial charge < -0.3 is 14.4 Å². The number of nitrogens with zero attached hydrogens (tertiary/aromatic N) is 1. The third-order valence-electron chi connectivity index (χ3n) is 4.40. The maximum atomic E-state index is 13.1. The lowest BCUT2D eigenvalue weighted by Gasteiger charge is -2.26. The molecule has 5 heteroatoms. The van der Waals surface area contributed by atoms with Crippen LogP contribution in [0.4, 0.5) is 4.39 Å². The van der Waals surface area contributed by atoms with Crippen LogP contribution in [0.2, 0.25) is 0 Å². The molecule has 0 aromatic heterocycles. The second-order valence-electron chi connectivity index (χ2n) is 5.77. The molecular weight excluding hydrogens is 309 g/mol. The largest absolute Gasteiger partial charge is 0.497 e. The molecule has 2 aromatic rings. The average Bonchev–Trinajstić information content (AvgIpc) is 3.10. The smallest absolute Gasteiger partial charge is 0.254 e. The molecule has 0 aliphatic carbocycles. The molecule has 1 heterocycles. The summed E-state index contributed by atoms with van der Waals surface area (Å²) < 4.78 is 23.8. The van der Waals surface area contributed by atoms with Crippen molar-refractivity contribution >= 4 is 5.91 Å². The predicted molar refractivity (Wildman–Crippen MR) is 89.0 cm³/mol. The van der Waals surface area contributed by atoms with Crippen LogP contribution < -0.4 is 9.47 Å². The minimum atomic E-state index is -0.346. The number of rotatable bonds is 4. The first-order valence-electron chi connectivity index (χ1n) is 7.92. The van der Waals surface area contributed by atoms with Crippen molar-refractivity contribution in [2.24, 2.45) is 0 Å². The molecule has 1 aliphatic rings. The maximum Gasteiger partial charge on any atom is 0.254 e. The Labute approximate surface area is 140 Å². The zero-order valence-electron chi connectivity index (χ0n) is 13.8. The molecule has 1 atom stereocenters. The van der Waals surface area contributed by atoms with Crippen molar-refractivity contribution < 1.29 is 18.7 Å². The van der Waals surface area contributed by atoms with E-state index in [1.165, 1.54) is 24.3 Å². The minimum absolute atomic E-state index is 0.0524. The Balaban J connectivity index is 1.90. The third kappa shape index (κ3) is 3.07. The first-order chi connectivity index (χ1) is 11.6. The second kappa shape index (κ2) is 6.91. The van der Waals surface area contributed by atoms with Gasteiger partial charge in [0.25, 0.3) is 5.91 Å². The van der Waals surface area contributed by atoms with Gasteiger partial charge in [-0.05, 0) is 49.2 Å². The molecule has 0 spiro atoms. The summed E-state index contributed by atoms with van der Waals surface area (Å²) in [4.78, 5) is 14.6. The van der Waals surface area contributed by atoms with Crippen molar-refractivity contribution in [1.29, 1.82) is 0 Å². The highest BCUT2D eigenvalue weighted by Crippen LogP contribution is 2.39. The standard InChI is InChI=1S/C19H20FNO3/c1-23-15-9-10-16(18(12-15)24-2)17-4-3-11-21(17)19(22)13-5-7-14(20)8-6-13/h5-10,12,17H,3-4,11H2,1-2H3. The van der Waals surface area contributed by atoms with E-state index in [1.807, 2.05) is 23.1 Å². The van der Waals surface area contributed by atoms with Crippen molar-refractivity contribution in [2.45, 2.75) is 18.9 Å². The number of carbonyl (C=O) groups excluding carboxylic acids is 1. The fourth-order valence-electron chi connectivity index (χ4n) is 3.19. The molecule has 2 aromatic carbocycles. The Morgan fingerprint density at radius 2 is 1.88 bits per heavy atom. The van der Waals surface area contributed by atoms with Crippen LogP contribution in [0.25, 0.3) is 0 Å². The zero-order valence-corrected chi connectivity index (χ0v) is 13.8. The minimum Gasteiger partial charge on any atom is -0.497 e. The van der Waals surface area contributed by atoms with Crippen LogP contribution >= 0.6 is 0 Å². The molecule has 24 heavy (non-hydrogen) atoms. The van der Waals surface area contributed by atoms with Crippen molar-refractivity contribution in [3.05, 3.63) is 59.4 Å². The molecule has 1 amide bonds. The summed E-state index contributed by atoms with van der Waals surface area (Å²) >= 11 is 0. The molecule has 0 N–H and O–H groups in total. The molecule has 1 aliphatic heterocycles. The Hall–Kier alpha value is -2.56. The number of methoxy groups -OCH3 is 2. The first-order valence-corrected chi connectivity index (χ1v) is 7.92. The summed E-state index contributed by atoms with van der Waals surface area (Å²) in [5.41, 5.74) is 1.46. The summed E-state index contributed by atoms with van der Waals surface area (Å²) in [5, 5.41) is 0. The lowest BCUT2D eigenvalue weighted by atomic mass is 10.0. The Morgan fingerprint density at radius 3 is 2.54 bits per heavy atom. The van der Waals surface area contributed by atoms with Crippen LogP contribution in [0.3, 0.4) is 0 Å². The molecule has 0 radical (unpaired) electrons. The quantitative estimate of drug-likeness (QED) is 0.856. The van der Waals surface area contributed by atoms with Crippen molar-refractivity contribution in [2.75, 3.05) is 20.8 Å². The first kappa shape index (κ1) is 16.3. The van der Waals surface area contributed by atoms with Gasteiger partial charge in [-0.15, -0.1) is 0 Å². The highest BCUT2D eigenvalue weighted by Gasteiger charge is 2.32. The number of likely N-dealkylation sites (tertiary alicyclic amines) is 1. The number of hydrogen-bond acceptors (Lipinski definition) is 3. The van der Waals surface area contributed by atoms with Crippen LogP contribution in [0.5, 0.6) is 11.5 Å². The SMILES string of the molecule is COc1ccc(C2CCCN2C(=O)c2ccc(F)cc2)c(OC)c1. The Bertz CT molecular complexity index is 730. The van der Waals surface area contributed by atoms with Crippen molar-refractivity contribution in [3.63, 3.8) is 0 Å². The van der Waals surface area contributed by atoms with E-state index >= 15 is 0 Å². The number of benzene rings is 2. The molecule has 1 fully saturated rings. The van der Waals surface area contributed by atoms with Crippen LogP contribution in [-0.4, -0.2) is 31.6 Å². The van der Waals surface area contributed by atoms with Crippen molar-refractivity contribution in [1.82, 2.24) is 4.90 Å². The van der Waals surface area contributed by atoms with E-state index in [-0.39, 0.29) is 17.8 Å². The summed E-state index contributed by atoms with van der Waals surface area (Å²) in [5.74, 6) is 0.986. The Kier molecular flexibility index (Phi) is 4.69. The fourth-order valence-corrected chi connectivity index (χ4v) is 3.19. The summed E-state index contributed by atoms with van der Waals surface area (Å²) in [6, 6.07) is 11.3. The van der Waals surface area contributed by atoms with E-state index in [1.54, 1.807) is 14.2 Å². The molecule has 3 rings (SSSR count). The van der Waals surface area contributed by atoms with Gasteiger partial charge in [0, 0.05) is 23.7 Å². The highest BCUT2D eigenvalue weighted by atomic mass is 19.1. The van der Waals surface area contributed by atoms with Crippen LogP contribution in [0.1, 0.15) is 34.8 Å². The molecular formula is C19H20FNO3. The number of halogens is 1. The van der Waals surface area contributed by atoms with Gasteiger partial charge in [-0.25, -0.2) is 4.39 Å². The van der Waals surface area contributed by atoms with Gasteiger partial charge >= 0.3 is 0 Å². The fraction of sp³-hybridized carbons (Fsp3) is 0.316. The summed E-state index contributed by atoms with van der Waals surface area (Å²) in [7, 11) is 3.22. The van der Waals surface area contributed by atoms with E-state index in [4.69, 9.17) is 9.47 Å². The monoisotopic (exact) mass is 329 g/mol. The lowest BCUT2D eigenvalue weighted by Crippen LogP contribution is -2.30. The molecule has 126 valence electrons. The number of amides is 1. The normalized spacial score (nSPS) is 17.0. The van der Waals surface area contributed by atoms with E-state index in [0.29, 0.717) is 23.6 Å². The zero-order chi connectivity index (χ0) is 17.1. The Morgan fingerprint density at radius 1 is 1.12 bits per heavy atom. The van der Waals surface area contributed by atoms with E-state index in [2.05, 4.69) is 0 Å². The van der Waals surface area contributed by atoms with Gasteiger partial charge in [0.2, 0.25) is 0 Å². The molecule has 4 nitrogen and oxygen atoms in total. The number of carbonyl (C=O) groups is 1. The van der Waals surface area contributed by atoms with Gasteiger partial charge in [-0.1, -0.05) is 0 Å². The second-order valence-corrected chi connectivity index (χ2v) is 5.77. The van der Waals surface area contributed by atoms with Gasteiger partial charge in [-0.2, -0.15) is 0 Å². The summed E-state index contributed by atoms with van der Waals surface area (Å²) in [6.07, 6.45) is 1.79. The molecule has 0 saturated carbocycles. The van der Waals surface area contributed by atoms with Gasteiger partial charge in [0.1, 0.15) is 17.3 Å². The van der Waals surface area contributed by atoms with Crippen LogP contribution in [-0.2, 0) is 0 Å². The van der Waals surface area contributed by atoms with E-state index in [9.17, 15) is 9.18 Å². The van der Waals surface area contributed by atoms with Crippen molar-refractivity contribution in [3.8, 4) is 11.5 Å². The number of ether oxygens (including phenoxy) is 2. The third-order valence-corrected chi connectivity index (χ3v) is 4.40. The predicted octanol–water partition coefficient (Wildman–Crippen LogP) is 3.82.